The number of hydrogen-bond donors (Lipinski definition) is 3. The van der Waals surface area contributed by atoms with Crippen LogP contribution < -0.4 is 15.4 Å². The minimum atomic E-state index is -0.311. The van der Waals surface area contributed by atoms with Crippen molar-refractivity contribution in [1.29, 1.82) is 0 Å². The number of nitrogens with one attached hydrogen (secondary N) is 2. The van der Waals surface area contributed by atoms with Gasteiger partial charge in [-0.15, -0.1) is 0 Å². The van der Waals surface area contributed by atoms with E-state index in [0.29, 0.717) is 28.4 Å². The molecule has 2 aromatic carbocycles. The number of rotatable bonds is 7. The molecule has 0 bridgehead atoms. The molecule has 6 rings (SSSR count). The second-order valence-corrected chi connectivity index (χ2v) is 9.77. The normalized spacial score (nSPS) is 15.7. The molecule has 0 spiro atoms. The third kappa shape index (κ3) is 5.27. The van der Waals surface area contributed by atoms with Gasteiger partial charge in [0.1, 0.15) is 35.6 Å². The predicted octanol–water partition coefficient (Wildman–Crippen LogP) is 4.81. The minimum Gasteiger partial charge on any atom is -0.506 e. The number of carbonyl (C=O) groups is 1. The molecule has 1 aliphatic heterocycles. The van der Waals surface area contributed by atoms with Crippen LogP contribution in [-0.4, -0.2) is 59.9 Å². The van der Waals surface area contributed by atoms with Crippen molar-refractivity contribution in [2.75, 3.05) is 24.2 Å². The Morgan fingerprint density at radius 1 is 1.15 bits per heavy atom. The van der Waals surface area contributed by atoms with Crippen LogP contribution in [0.15, 0.2) is 73.6 Å². The van der Waals surface area contributed by atoms with E-state index in [-0.39, 0.29) is 23.4 Å². The van der Waals surface area contributed by atoms with E-state index in [9.17, 15) is 9.90 Å². The number of aryl methyl sites for hydroxylation is 1. The number of likely N-dealkylation sites (tertiary alicyclic amines) is 1. The number of imidazole rings is 1. The number of anilines is 3. The Balaban J connectivity index is 1.20. The summed E-state index contributed by atoms with van der Waals surface area (Å²) in [7, 11) is 2.05. The van der Waals surface area contributed by atoms with Crippen molar-refractivity contribution in [3.05, 3.63) is 79.2 Å². The summed E-state index contributed by atoms with van der Waals surface area (Å²) < 4.78 is 7.80. The van der Waals surface area contributed by atoms with Gasteiger partial charge in [0.15, 0.2) is 0 Å². The molecule has 5 aromatic rings. The molecule has 4 heterocycles. The van der Waals surface area contributed by atoms with Gasteiger partial charge in [-0.25, -0.2) is 19.9 Å². The zero-order valence-electron chi connectivity index (χ0n) is 22.1. The minimum absolute atomic E-state index is 0.0728. The maximum Gasteiger partial charge on any atom is 0.248 e. The summed E-state index contributed by atoms with van der Waals surface area (Å²) in [5, 5.41) is 17.3. The van der Waals surface area contributed by atoms with Crippen molar-refractivity contribution in [3.8, 4) is 17.4 Å². The molecule has 40 heavy (non-hydrogen) atoms. The van der Waals surface area contributed by atoms with Crippen LogP contribution in [0.1, 0.15) is 18.4 Å². The van der Waals surface area contributed by atoms with Crippen molar-refractivity contribution in [2.24, 2.45) is 0 Å². The summed E-state index contributed by atoms with van der Waals surface area (Å²) in [6.07, 6.45) is 12.2. The third-order valence-electron chi connectivity index (χ3n) is 6.97. The van der Waals surface area contributed by atoms with Crippen molar-refractivity contribution >= 4 is 39.6 Å². The van der Waals surface area contributed by atoms with E-state index >= 15 is 0 Å². The van der Waals surface area contributed by atoms with E-state index < -0.39 is 0 Å². The van der Waals surface area contributed by atoms with E-state index in [1.165, 1.54) is 18.5 Å². The third-order valence-corrected chi connectivity index (χ3v) is 6.97. The van der Waals surface area contributed by atoms with E-state index in [2.05, 4.69) is 35.5 Å². The highest BCUT2D eigenvalue weighted by Gasteiger charge is 2.18. The molecule has 0 unspecified atom stereocenters. The van der Waals surface area contributed by atoms with Crippen LogP contribution in [0, 0.1) is 6.92 Å². The molecule has 11 heteroatoms. The molecule has 1 amide bonds. The fourth-order valence-electron chi connectivity index (χ4n) is 4.79. The lowest BCUT2D eigenvalue weighted by Crippen LogP contribution is -2.23. The van der Waals surface area contributed by atoms with Crippen molar-refractivity contribution in [3.63, 3.8) is 0 Å². The van der Waals surface area contributed by atoms with Crippen LogP contribution in [-0.2, 0) is 4.79 Å². The predicted molar refractivity (Wildman–Crippen MR) is 152 cm³/mol. The monoisotopic (exact) mass is 536 g/mol. The van der Waals surface area contributed by atoms with Gasteiger partial charge in [0.2, 0.25) is 11.8 Å². The highest BCUT2D eigenvalue weighted by atomic mass is 16.5. The van der Waals surface area contributed by atoms with Gasteiger partial charge in [-0.2, -0.15) is 0 Å². The number of phenols is 1. The van der Waals surface area contributed by atoms with Gasteiger partial charge in [-0.05, 0) is 63.2 Å². The van der Waals surface area contributed by atoms with Crippen LogP contribution in [0.25, 0.3) is 16.6 Å². The number of ether oxygens (including phenoxy) is 1. The molecule has 202 valence electrons. The smallest absolute Gasteiger partial charge is 0.248 e. The van der Waals surface area contributed by atoms with Crippen molar-refractivity contribution < 1.29 is 14.6 Å². The highest BCUT2D eigenvalue weighted by Crippen LogP contribution is 2.33. The van der Waals surface area contributed by atoms with Crippen LogP contribution in [0.3, 0.4) is 0 Å². The zero-order chi connectivity index (χ0) is 27.6. The van der Waals surface area contributed by atoms with Gasteiger partial charge in [0.25, 0.3) is 0 Å². The van der Waals surface area contributed by atoms with Gasteiger partial charge in [-0.3, -0.25) is 14.1 Å². The van der Waals surface area contributed by atoms with Gasteiger partial charge in [0, 0.05) is 47.7 Å². The van der Waals surface area contributed by atoms with E-state index in [1.807, 2.05) is 44.4 Å². The molecule has 0 saturated carbocycles. The van der Waals surface area contributed by atoms with E-state index in [1.54, 1.807) is 29.1 Å². The Kier molecular flexibility index (Phi) is 6.71. The fourth-order valence-corrected chi connectivity index (χ4v) is 4.79. The Morgan fingerprint density at radius 3 is 2.88 bits per heavy atom. The first-order chi connectivity index (χ1) is 19.4. The van der Waals surface area contributed by atoms with Gasteiger partial charge >= 0.3 is 0 Å². The van der Waals surface area contributed by atoms with Crippen molar-refractivity contribution in [1.82, 2.24) is 29.2 Å². The number of aromatic nitrogens is 5. The molecule has 1 aliphatic rings. The van der Waals surface area contributed by atoms with Gasteiger partial charge in [0.05, 0.1) is 11.2 Å². The lowest BCUT2D eigenvalue weighted by atomic mass is 10.1. The fraction of sp³-hybridized carbons (Fsp3) is 0.207. The summed E-state index contributed by atoms with van der Waals surface area (Å²) in [6.45, 7) is 2.96. The topological polar surface area (TPSA) is 130 Å². The molecular weight excluding hydrogens is 508 g/mol. The average molecular weight is 537 g/mol. The zero-order valence-corrected chi connectivity index (χ0v) is 22.1. The Morgan fingerprint density at radius 2 is 2.05 bits per heavy atom. The Bertz CT molecular complexity index is 1750. The number of nitrogens with zero attached hydrogens (tertiary/aromatic N) is 6. The van der Waals surface area contributed by atoms with Crippen LogP contribution >= 0.6 is 0 Å². The molecule has 1 fully saturated rings. The Labute approximate surface area is 230 Å². The number of fused-ring (bicyclic) bond motifs is 2. The summed E-state index contributed by atoms with van der Waals surface area (Å²) in [5.41, 5.74) is 3.23. The molecule has 3 aromatic heterocycles. The van der Waals surface area contributed by atoms with Gasteiger partial charge < -0.3 is 20.5 Å². The SMILES string of the molecule is Cc1cc(Nc2ncnc3cc(O)c(NC(=O)/C=C/[C@H]4CCCN4C)cc23)ccc1Oc1cc2nccn2cn1. The van der Waals surface area contributed by atoms with Gasteiger partial charge in [-0.1, -0.05) is 6.08 Å². The summed E-state index contributed by atoms with van der Waals surface area (Å²) in [6, 6.07) is 10.9. The maximum absolute atomic E-state index is 12.6. The highest BCUT2D eigenvalue weighted by molar-refractivity contribution is 6.03. The number of hydrogen-bond acceptors (Lipinski definition) is 9. The molecule has 11 nitrogen and oxygen atoms in total. The number of phenolic OH excluding ortho intramolecular Hbond substituents is 1. The number of carbonyl (C=O) groups excluding carboxylic acids is 1. The second-order valence-electron chi connectivity index (χ2n) is 9.77. The molecule has 0 radical (unpaired) electrons. The molecular formula is C29H28N8O3. The van der Waals surface area contributed by atoms with Crippen molar-refractivity contribution in [2.45, 2.75) is 25.8 Å². The standard InChI is InChI=1S/C29H28N8O3/c1-18-12-19(5-7-25(18)40-28-15-26-30-9-11-37(26)17-33-28)34-29-21-13-23(24(38)14-22(21)31-16-32-29)35-27(39)8-6-20-4-3-10-36(20)2/h5-9,11-17,20,38H,3-4,10H2,1-2H3,(H,35,39)(H,31,32,34)/b8-6+/t20-/m1/s1. The summed E-state index contributed by atoms with van der Waals surface area (Å²) in [5.74, 6) is 1.26. The number of benzene rings is 2. The largest absolute Gasteiger partial charge is 0.506 e. The summed E-state index contributed by atoms with van der Waals surface area (Å²) >= 11 is 0. The second kappa shape index (κ2) is 10.6. The molecule has 1 saturated heterocycles. The lowest BCUT2D eigenvalue weighted by molar-refractivity contribution is -0.112. The Hall–Kier alpha value is -5.03. The number of aromatic hydroxyl groups is 1. The average Bonchev–Trinajstić information content (AvgIpc) is 3.58. The van der Waals surface area contributed by atoms with E-state index in [4.69, 9.17) is 4.74 Å². The van der Waals surface area contributed by atoms with E-state index in [0.717, 1.165) is 36.3 Å². The van der Waals surface area contributed by atoms with Crippen LogP contribution in [0.5, 0.6) is 17.4 Å². The number of likely N-dealkylation sites (N-methyl/N-ethyl adjacent to an activating group) is 1. The lowest BCUT2D eigenvalue weighted by Gasteiger charge is -2.15. The molecule has 0 aliphatic carbocycles. The maximum atomic E-state index is 12.6. The first kappa shape index (κ1) is 25.3. The van der Waals surface area contributed by atoms with Crippen LogP contribution in [0.2, 0.25) is 0 Å². The van der Waals surface area contributed by atoms with Crippen LogP contribution in [0.4, 0.5) is 17.2 Å². The number of amides is 1. The summed E-state index contributed by atoms with van der Waals surface area (Å²) in [4.78, 5) is 32.1. The molecule has 1 atom stereocenters. The first-order valence-corrected chi connectivity index (χ1v) is 12.9. The first-order valence-electron chi connectivity index (χ1n) is 12.9. The molecule has 3 N–H and O–H groups in total. The quantitative estimate of drug-likeness (QED) is 0.198.